The third-order valence-corrected chi connectivity index (χ3v) is 4.25. The van der Waals surface area contributed by atoms with E-state index in [1.165, 1.54) is 24.3 Å². The highest BCUT2D eigenvalue weighted by atomic mass is 19.1. The molecule has 120 valence electrons. The highest BCUT2D eigenvalue weighted by molar-refractivity contribution is 5.94. The molecule has 1 saturated heterocycles. The van der Waals surface area contributed by atoms with Crippen molar-refractivity contribution in [3.8, 4) is 0 Å². The Labute approximate surface area is 135 Å². The average molecular weight is 313 g/mol. The van der Waals surface area contributed by atoms with E-state index in [2.05, 4.69) is 10.3 Å². The zero-order chi connectivity index (χ0) is 16.4. The van der Waals surface area contributed by atoms with Crippen LogP contribution >= 0.6 is 0 Å². The first kappa shape index (κ1) is 15.5. The number of carbonyl (C=O) groups excluding carboxylic acids is 1. The monoisotopic (exact) mass is 313 g/mol. The summed E-state index contributed by atoms with van der Waals surface area (Å²) >= 11 is 0. The molecule has 0 bridgehead atoms. The van der Waals surface area contributed by atoms with Crippen molar-refractivity contribution in [2.24, 2.45) is 0 Å². The van der Waals surface area contributed by atoms with Gasteiger partial charge in [0.05, 0.1) is 0 Å². The highest BCUT2D eigenvalue weighted by Crippen LogP contribution is 2.28. The third-order valence-electron chi connectivity index (χ3n) is 4.25. The molecule has 0 unspecified atom stereocenters. The summed E-state index contributed by atoms with van der Waals surface area (Å²) in [5, 5.41) is 3.14. The van der Waals surface area contributed by atoms with Crippen molar-refractivity contribution in [3.05, 3.63) is 59.2 Å². The molecule has 23 heavy (non-hydrogen) atoms. The zero-order valence-electron chi connectivity index (χ0n) is 13.3. The number of benzene rings is 1. The molecule has 1 aliphatic heterocycles. The second kappa shape index (κ2) is 6.36. The molecule has 3 rings (SSSR count). The van der Waals surface area contributed by atoms with Crippen LogP contribution in [0.3, 0.4) is 0 Å². The van der Waals surface area contributed by atoms with Crippen LogP contribution in [0.1, 0.15) is 34.1 Å². The molecule has 0 spiro atoms. The van der Waals surface area contributed by atoms with Crippen LogP contribution in [0.2, 0.25) is 0 Å². The first-order valence-electron chi connectivity index (χ1n) is 7.78. The Morgan fingerprint density at radius 1 is 1.30 bits per heavy atom. The number of anilines is 1. The van der Waals surface area contributed by atoms with Gasteiger partial charge >= 0.3 is 0 Å². The largest absolute Gasteiger partial charge is 0.388 e. The lowest BCUT2D eigenvalue weighted by atomic mass is 10.0. The molecule has 1 amide bonds. The number of carbonyl (C=O) groups is 1. The molecular weight excluding hydrogens is 293 g/mol. The summed E-state index contributed by atoms with van der Waals surface area (Å²) in [5.41, 5.74) is 3.55. The number of nitrogens with one attached hydrogen (secondary N) is 1. The first-order chi connectivity index (χ1) is 11.1. The van der Waals surface area contributed by atoms with Crippen LogP contribution in [0.15, 0.2) is 36.4 Å². The quantitative estimate of drug-likeness (QED) is 0.946. The fraction of sp³-hybridized carbons (Fsp3) is 0.333. The van der Waals surface area contributed by atoms with Gasteiger partial charge in [0.15, 0.2) is 0 Å². The van der Waals surface area contributed by atoms with Crippen molar-refractivity contribution < 1.29 is 9.18 Å². The summed E-state index contributed by atoms with van der Waals surface area (Å²) in [6, 6.07) is 9.76. The molecule has 5 heteroatoms. The third kappa shape index (κ3) is 3.33. The minimum atomic E-state index is -0.329. The number of halogens is 1. The number of amides is 1. The fourth-order valence-electron chi connectivity index (χ4n) is 3.01. The van der Waals surface area contributed by atoms with Crippen molar-refractivity contribution in [1.29, 1.82) is 0 Å². The molecule has 0 saturated carbocycles. The van der Waals surface area contributed by atoms with E-state index in [9.17, 15) is 9.18 Å². The molecular formula is C18H20FN3O. The Hall–Kier alpha value is -2.43. The number of aryl methyl sites for hydroxylation is 1. The van der Waals surface area contributed by atoms with Gasteiger partial charge in [0.2, 0.25) is 0 Å². The van der Waals surface area contributed by atoms with E-state index < -0.39 is 0 Å². The van der Waals surface area contributed by atoms with Gasteiger partial charge in [0, 0.05) is 48.7 Å². The summed E-state index contributed by atoms with van der Waals surface area (Å²) < 4.78 is 13.0. The van der Waals surface area contributed by atoms with Gasteiger partial charge in [-0.1, -0.05) is 0 Å². The Kier molecular flexibility index (Phi) is 4.28. The van der Waals surface area contributed by atoms with Crippen molar-refractivity contribution in [2.45, 2.75) is 19.3 Å². The van der Waals surface area contributed by atoms with E-state index in [0.29, 0.717) is 18.7 Å². The van der Waals surface area contributed by atoms with E-state index in [4.69, 9.17) is 0 Å². The van der Waals surface area contributed by atoms with Crippen molar-refractivity contribution in [3.63, 3.8) is 0 Å². The van der Waals surface area contributed by atoms with E-state index in [1.807, 2.05) is 31.0 Å². The Morgan fingerprint density at radius 2 is 2.04 bits per heavy atom. The van der Waals surface area contributed by atoms with Gasteiger partial charge in [0.1, 0.15) is 5.82 Å². The molecule has 0 radical (unpaired) electrons. The van der Waals surface area contributed by atoms with Crippen LogP contribution in [-0.2, 0) is 0 Å². The van der Waals surface area contributed by atoms with E-state index >= 15 is 0 Å². The van der Waals surface area contributed by atoms with Gasteiger partial charge in [-0.3, -0.25) is 9.78 Å². The second-order valence-electron chi connectivity index (χ2n) is 5.92. The van der Waals surface area contributed by atoms with Crippen molar-refractivity contribution in [2.75, 3.05) is 25.5 Å². The molecule has 2 aromatic rings. The predicted octanol–water partition coefficient (Wildman–Crippen LogP) is 3.20. The van der Waals surface area contributed by atoms with Gasteiger partial charge in [0.25, 0.3) is 5.91 Å². The molecule has 1 atom stereocenters. The van der Waals surface area contributed by atoms with Crippen LogP contribution in [-0.4, -0.2) is 35.9 Å². The molecule has 1 aromatic heterocycles. The van der Waals surface area contributed by atoms with Crippen LogP contribution in [0.4, 0.5) is 10.1 Å². The molecule has 0 aliphatic carbocycles. The smallest absolute Gasteiger partial charge is 0.253 e. The predicted molar refractivity (Wildman–Crippen MR) is 88.2 cm³/mol. The van der Waals surface area contributed by atoms with Gasteiger partial charge in [-0.25, -0.2) is 4.39 Å². The standard InChI is InChI=1S/C18H20FN3O/c1-12-9-16(20-2)10-17(21-12)14-7-8-22(11-14)18(23)13-3-5-15(19)6-4-13/h3-6,9-10,14H,7-8,11H2,1-2H3,(H,20,21)/t14-/m0/s1. The second-order valence-corrected chi connectivity index (χ2v) is 5.92. The van der Waals surface area contributed by atoms with Crippen LogP contribution in [0.5, 0.6) is 0 Å². The Bertz CT molecular complexity index is 715. The van der Waals surface area contributed by atoms with Gasteiger partial charge in [-0.05, 0) is 49.7 Å². The van der Waals surface area contributed by atoms with Crippen molar-refractivity contribution in [1.82, 2.24) is 9.88 Å². The van der Waals surface area contributed by atoms with Crippen molar-refractivity contribution >= 4 is 11.6 Å². The van der Waals surface area contributed by atoms with E-state index in [-0.39, 0.29) is 17.6 Å². The lowest BCUT2D eigenvalue weighted by Crippen LogP contribution is -2.28. The maximum atomic E-state index is 13.0. The summed E-state index contributed by atoms with van der Waals surface area (Å²) in [7, 11) is 1.89. The minimum Gasteiger partial charge on any atom is -0.388 e. The van der Waals surface area contributed by atoms with E-state index in [0.717, 1.165) is 23.5 Å². The summed E-state index contributed by atoms with van der Waals surface area (Å²) in [6.07, 6.45) is 0.895. The topological polar surface area (TPSA) is 45.2 Å². The number of nitrogens with zero attached hydrogens (tertiary/aromatic N) is 2. The Morgan fingerprint density at radius 3 is 2.74 bits per heavy atom. The molecule has 1 aromatic carbocycles. The lowest BCUT2D eigenvalue weighted by Gasteiger charge is -2.17. The summed E-state index contributed by atoms with van der Waals surface area (Å²) in [4.78, 5) is 18.9. The molecule has 2 heterocycles. The fourth-order valence-corrected chi connectivity index (χ4v) is 3.01. The molecule has 4 nitrogen and oxygen atoms in total. The van der Waals surface area contributed by atoms with Gasteiger partial charge < -0.3 is 10.2 Å². The lowest BCUT2D eigenvalue weighted by molar-refractivity contribution is 0.0790. The number of hydrogen-bond acceptors (Lipinski definition) is 3. The first-order valence-corrected chi connectivity index (χ1v) is 7.78. The Balaban J connectivity index is 1.74. The number of rotatable bonds is 3. The average Bonchev–Trinajstić information content (AvgIpc) is 3.04. The normalized spacial score (nSPS) is 17.3. The number of hydrogen-bond donors (Lipinski definition) is 1. The maximum Gasteiger partial charge on any atom is 0.253 e. The van der Waals surface area contributed by atoms with Gasteiger partial charge in [-0.2, -0.15) is 0 Å². The van der Waals surface area contributed by atoms with Crippen LogP contribution < -0.4 is 5.32 Å². The summed E-state index contributed by atoms with van der Waals surface area (Å²) in [6.45, 7) is 3.32. The number of aromatic nitrogens is 1. The minimum absolute atomic E-state index is 0.0472. The van der Waals surface area contributed by atoms with E-state index in [1.54, 1.807) is 0 Å². The zero-order valence-corrected chi connectivity index (χ0v) is 13.3. The van der Waals surface area contributed by atoms with Crippen LogP contribution in [0, 0.1) is 12.7 Å². The molecule has 1 aliphatic rings. The number of likely N-dealkylation sites (tertiary alicyclic amines) is 1. The molecule has 1 fully saturated rings. The highest BCUT2D eigenvalue weighted by Gasteiger charge is 2.29. The number of pyridine rings is 1. The van der Waals surface area contributed by atoms with Crippen LogP contribution in [0.25, 0.3) is 0 Å². The maximum absolute atomic E-state index is 13.0. The SMILES string of the molecule is CNc1cc(C)nc([C@H]2CCN(C(=O)c3ccc(F)cc3)C2)c1. The summed E-state index contributed by atoms with van der Waals surface area (Å²) in [5.74, 6) is -0.134. The van der Waals surface area contributed by atoms with Gasteiger partial charge in [-0.15, -0.1) is 0 Å². The molecule has 1 N–H and O–H groups in total.